The van der Waals surface area contributed by atoms with Crippen molar-refractivity contribution in [2.45, 2.75) is 27.0 Å². The van der Waals surface area contributed by atoms with Gasteiger partial charge in [0.2, 0.25) is 0 Å². The molecule has 0 aliphatic carbocycles. The largest absolute Gasteiger partial charge is 0.483 e. The van der Waals surface area contributed by atoms with Gasteiger partial charge in [0.1, 0.15) is 11.6 Å². The lowest BCUT2D eigenvalue weighted by Crippen LogP contribution is -2.13. The van der Waals surface area contributed by atoms with E-state index >= 15 is 0 Å². The molecule has 0 fully saturated rings. The summed E-state index contributed by atoms with van der Waals surface area (Å²) in [5, 5.41) is 6.81. The number of aryl methyl sites for hydroxylation is 1. The Bertz CT molecular complexity index is 542. The zero-order valence-electron chi connectivity index (χ0n) is 10.9. The second-order valence-electron chi connectivity index (χ2n) is 4.06. The van der Waals surface area contributed by atoms with Gasteiger partial charge in [-0.1, -0.05) is 12.1 Å². The van der Waals surface area contributed by atoms with E-state index in [0.29, 0.717) is 24.0 Å². The van der Waals surface area contributed by atoms with Gasteiger partial charge in [-0.05, 0) is 31.7 Å². The van der Waals surface area contributed by atoms with Crippen LogP contribution in [0.3, 0.4) is 0 Å². The lowest BCUT2D eigenvalue weighted by atomic mass is 10.2. The molecule has 2 rings (SSSR count). The van der Waals surface area contributed by atoms with Crippen LogP contribution in [0.15, 0.2) is 22.7 Å². The predicted octanol–water partition coefficient (Wildman–Crippen LogP) is 2.21. The first-order valence-electron chi connectivity index (χ1n) is 6.10. The smallest absolute Gasteiger partial charge is 0.264 e. The van der Waals surface area contributed by atoms with Crippen molar-refractivity contribution in [1.82, 2.24) is 15.5 Å². The molecule has 0 aliphatic rings. The zero-order valence-corrected chi connectivity index (χ0v) is 10.9. The van der Waals surface area contributed by atoms with Crippen LogP contribution in [0.1, 0.15) is 24.2 Å². The molecule has 0 unspecified atom stereocenters. The maximum atomic E-state index is 13.2. The summed E-state index contributed by atoms with van der Waals surface area (Å²) in [6, 6.07) is 4.42. The summed E-state index contributed by atoms with van der Waals surface area (Å²) in [6.07, 6.45) is 0. The summed E-state index contributed by atoms with van der Waals surface area (Å²) in [4.78, 5) is 4.04. The van der Waals surface area contributed by atoms with E-state index in [2.05, 4.69) is 15.5 Å². The van der Waals surface area contributed by atoms with Crippen molar-refractivity contribution in [3.05, 3.63) is 41.3 Å². The van der Waals surface area contributed by atoms with Crippen LogP contribution in [-0.2, 0) is 13.2 Å². The first-order valence-corrected chi connectivity index (χ1v) is 6.10. The number of ether oxygens (including phenoxy) is 1. The zero-order chi connectivity index (χ0) is 13.7. The number of nitrogens with zero attached hydrogens (tertiary/aromatic N) is 2. The highest BCUT2D eigenvalue weighted by atomic mass is 19.1. The fourth-order valence-corrected chi connectivity index (χ4v) is 1.62. The van der Waals surface area contributed by atoms with Gasteiger partial charge < -0.3 is 14.6 Å². The van der Waals surface area contributed by atoms with E-state index < -0.39 is 0 Å². The molecule has 0 spiro atoms. The molecule has 1 N–H and O–H groups in total. The summed E-state index contributed by atoms with van der Waals surface area (Å²) >= 11 is 0. The first kappa shape index (κ1) is 13.5. The first-order chi connectivity index (χ1) is 9.19. The molecule has 1 aromatic carbocycles. The second kappa shape index (κ2) is 6.29. The molecule has 0 saturated heterocycles. The molecule has 2 aromatic rings. The van der Waals surface area contributed by atoms with E-state index in [1.165, 1.54) is 12.1 Å². The van der Waals surface area contributed by atoms with Crippen molar-refractivity contribution in [2.24, 2.45) is 0 Å². The Kier molecular flexibility index (Phi) is 4.46. The number of rotatable bonds is 6. The summed E-state index contributed by atoms with van der Waals surface area (Å²) in [5.74, 6) is 1.29. The minimum Gasteiger partial charge on any atom is -0.483 e. The quantitative estimate of drug-likeness (QED) is 0.867. The third-order valence-corrected chi connectivity index (χ3v) is 2.51. The van der Waals surface area contributed by atoms with Crippen molar-refractivity contribution >= 4 is 0 Å². The average molecular weight is 265 g/mol. The van der Waals surface area contributed by atoms with Crippen molar-refractivity contribution in [3.63, 3.8) is 0 Å². The molecule has 0 radical (unpaired) electrons. The van der Waals surface area contributed by atoms with E-state index in [9.17, 15) is 4.39 Å². The molecule has 0 atom stereocenters. The molecule has 1 aromatic heterocycles. The van der Waals surface area contributed by atoms with Gasteiger partial charge in [-0.15, -0.1) is 0 Å². The monoisotopic (exact) mass is 265 g/mol. The number of aromatic nitrogens is 2. The van der Waals surface area contributed by atoms with Crippen molar-refractivity contribution in [2.75, 3.05) is 6.54 Å². The lowest BCUT2D eigenvalue weighted by Gasteiger charge is -2.10. The Hall–Kier alpha value is -1.95. The maximum absolute atomic E-state index is 13.2. The van der Waals surface area contributed by atoms with Crippen molar-refractivity contribution in [3.8, 4) is 5.75 Å². The molecule has 102 valence electrons. The average Bonchev–Trinajstić information content (AvgIpc) is 2.81. The highest BCUT2D eigenvalue weighted by Crippen LogP contribution is 2.20. The van der Waals surface area contributed by atoms with E-state index in [-0.39, 0.29) is 12.4 Å². The van der Waals surface area contributed by atoms with E-state index in [1.807, 2.05) is 6.92 Å². The third-order valence-electron chi connectivity index (χ3n) is 2.51. The van der Waals surface area contributed by atoms with Crippen LogP contribution in [0.25, 0.3) is 0 Å². The minimum absolute atomic E-state index is 0.172. The Balaban J connectivity index is 2.05. The van der Waals surface area contributed by atoms with Gasteiger partial charge >= 0.3 is 0 Å². The van der Waals surface area contributed by atoms with E-state index in [0.717, 1.165) is 12.1 Å². The predicted molar refractivity (Wildman–Crippen MR) is 67.1 cm³/mol. The molecule has 6 heteroatoms. The molecule has 0 aliphatic heterocycles. The van der Waals surface area contributed by atoms with Crippen LogP contribution >= 0.6 is 0 Å². The van der Waals surface area contributed by atoms with Gasteiger partial charge in [-0.25, -0.2) is 4.39 Å². The SMILES string of the molecule is CCNCc1cc(F)ccc1OCc1nc(C)no1. The molecule has 0 saturated carbocycles. The van der Waals surface area contributed by atoms with Gasteiger partial charge in [0.05, 0.1) is 0 Å². The Morgan fingerprint density at radius 2 is 2.26 bits per heavy atom. The minimum atomic E-state index is -0.283. The third kappa shape index (κ3) is 3.75. The molecule has 5 nitrogen and oxygen atoms in total. The number of nitrogens with one attached hydrogen (secondary N) is 1. The lowest BCUT2D eigenvalue weighted by molar-refractivity contribution is 0.240. The summed E-state index contributed by atoms with van der Waals surface area (Å²) in [5.41, 5.74) is 0.762. The number of halogens is 1. The molecular weight excluding hydrogens is 249 g/mol. The highest BCUT2D eigenvalue weighted by molar-refractivity contribution is 5.33. The number of benzene rings is 1. The van der Waals surface area contributed by atoms with Gasteiger partial charge in [0.25, 0.3) is 5.89 Å². The fourth-order valence-electron chi connectivity index (χ4n) is 1.62. The molecular formula is C13H16FN3O2. The molecule has 0 amide bonds. The van der Waals surface area contributed by atoms with Crippen LogP contribution in [0, 0.1) is 12.7 Å². The standard InChI is InChI=1S/C13H16FN3O2/c1-3-15-7-10-6-11(14)4-5-12(10)18-8-13-16-9(2)17-19-13/h4-6,15H,3,7-8H2,1-2H3. The van der Waals surface area contributed by atoms with Gasteiger partial charge in [-0.2, -0.15) is 4.98 Å². The molecule has 19 heavy (non-hydrogen) atoms. The van der Waals surface area contributed by atoms with Gasteiger partial charge in [0, 0.05) is 12.1 Å². The van der Waals surface area contributed by atoms with E-state index in [4.69, 9.17) is 9.26 Å². The van der Waals surface area contributed by atoms with Crippen molar-refractivity contribution < 1.29 is 13.7 Å². The number of hydrogen-bond donors (Lipinski definition) is 1. The van der Waals surface area contributed by atoms with Crippen LogP contribution in [0.2, 0.25) is 0 Å². The topological polar surface area (TPSA) is 60.2 Å². The number of hydrogen-bond acceptors (Lipinski definition) is 5. The molecule has 1 heterocycles. The second-order valence-corrected chi connectivity index (χ2v) is 4.06. The Labute approximate surface area is 110 Å². The molecule has 0 bridgehead atoms. The highest BCUT2D eigenvalue weighted by Gasteiger charge is 2.08. The van der Waals surface area contributed by atoms with Crippen LogP contribution < -0.4 is 10.1 Å². The Morgan fingerprint density at radius 3 is 2.95 bits per heavy atom. The fraction of sp³-hybridized carbons (Fsp3) is 0.385. The van der Waals surface area contributed by atoms with Gasteiger partial charge in [0.15, 0.2) is 12.4 Å². The van der Waals surface area contributed by atoms with E-state index in [1.54, 1.807) is 13.0 Å². The van der Waals surface area contributed by atoms with Crippen LogP contribution in [0.4, 0.5) is 4.39 Å². The van der Waals surface area contributed by atoms with Crippen molar-refractivity contribution in [1.29, 1.82) is 0 Å². The normalized spacial score (nSPS) is 10.7. The maximum Gasteiger partial charge on any atom is 0.264 e. The summed E-state index contributed by atoms with van der Waals surface area (Å²) in [6.45, 7) is 5.25. The van der Waals surface area contributed by atoms with Crippen LogP contribution in [0.5, 0.6) is 5.75 Å². The van der Waals surface area contributed by atoms with Gasteiger partial charge in [-0.3, -0.25) is 0 Å². The summed E-state index contributed by atoms with van der Waals surface area (Å²) in [7, 11) is 0. The summed E-state index contributed by atoms with van der Waals surface area (Å²) < 4.78 is 23.8. The Morgan fingerprint density at radius 1 is 1.42 bits per heavy atom. The van der Waals surface area contributed by atoms with Crippen LogP contribution in [-0.4, -0.2) is 16.7 Å².